The number of aromatic hydroxyl groups is 2. The standard InChI is InChI=1S/C36H30N2O5.C31H20N2O7.C16H12N2O2.C13H10O.C2H6/c1-18-11-23(12-19(2)22(18)5)15-24-13-20(3)31(21(4)14-24)38-35(42)28-10-8-26(17-30(28)36(38)43)32(39)25-7-9-27-29(16-25)34(41)37(6)33(27)40;1-15-11-16(5-9-25(15)34)17-6-10-26(35)24(14-17)33-30(39)21-8-4-19(13-23(21)31(33)40)27(36)18-3-7-20-22(12-18)29(38)32(2)28(20)37;1-9-17-13-7-11(3-5-15(13)19-9)12-4-6-16-14(8-12)18-10(2)20-16;14-13(11-7-3-1-4-8-11)12-9-5-2-6-10-12;1-2/h7-14,16-17H,15H2,1-6H3;3-14,34-35H,1-2H3;3-8H,1-2H3;1-10H;1-2H3. The quantitative estimate of drug-likeness (QED) is 0.0848. The van der Waals surface area contributed by atoms with Crippen LogP contribution < -0.4 is 9.80 Å². The van der Waals surface area contributed by atoms with Crippen molar-refractivity contribution in [3.63, 3.8) is 0 Å². The molecule has 0 saturated carbocycles. The molecular formula is C98H78N6O15. The number of carbonyl (C=O) groups excluding carboxylic acids is 11. The lowest BCUT2D eigenvalue weighted by Gasteiger charge is -2.21. The lowest BCUT2D eigenvalue weighted by Crippen LogP contribution is -2.30. The predicted molar refractivity (Wildman–Crippen MR) is 451 cm³/mol. The molecule has 0 bridgehead atoms. The Morgan fingerprint density at radius 3 is 1.07 bits per heavy atom. The zero-order valence-electron chi connectivity index (χ0n) is 67.0. The van der Waals surface area contributed by atoms with Crippen LogP contribution in [-0.4, -0.2) is 109 Å². The van der Waals surface area contributed by atoms with E-state index in [0.717, 1.165) is 82.3 Å². The van der Waals surface area contributed by atoms with E-state index < -0.39 is 58.8 Å². The molecule has 590 valence electrons. The second-order valence-electron chi connectivity index (χ2n) is 29.1. The number of imide groups is 4. The van der Waals surface area contributed by atoms with E-state index in [-0.39, 0.29) is 89.7 Å². The lowest BCUT2D eigenvalue weighted by molar-refractivity contribution is 0.0677. The van der Waals surface area contributed by atoms with Gasteiger partial charge < -0.3 is 19.0 Å². The third-order valence-corrected chi connectivity index (χ3v) is 21.3. The summed E-state index contributed by atoms with van der Waals surface area (Å²) in [6.07, 6.45) is 0.732. The average Bonchev–Trinajstić information content (AvgIpc) is 1.60. The van der Waals surface area contributed by atoms with Crippen molar-refractivity contribution in [2.75, 3.05) is 23.9 Å². The molecular weight excluding hydrogens is 1500 g/mol. The number of phenolic OH excluding ortho intramolecular Hbond substituents is 2. The van der Waals surface area contributed by atoms with Crippen LogP contribution in [0.5, 0.6) is 11.5 Å². The Morgan fingerprint density at radius 2 is 0.647 bits per heavy atom. The van der Waals surface area contributed by atoms with Crippen LogP contribution in [-0.2, 0) is 6.42 Å². The molecule has 0 saturated heterocycles. The van der Waals surface area contributed by atoms with Crippen LogP contribution in [0.15, 0.2) is 239 Å². The summed E-state index contributed by atoms with van der Waals surface area (Å²) in [6.45, 7) is 19.6. The summed E-state index contributed by atoms with van der Waals surface area (Å²) in [7, 11) is 2.75. The molecule has 2 aromatic heterocycles. The van der Waals surface area contributed by atoms with E-state index in [0.29, 0.717) is 34.2 Å². The summed E-state index contributed by atoms with van der Waals surface area (Å²) < 4.78 is 11.0. The monoisotopic (exact) mass is 1580 g/mol. The minimum Gasteiger partial charge on any atom is -0.508 e. The fraction of sp³-hybridized carbons (Fsp3) is 0.133. The Morgan fingerprint density at radius 1 is 0.319 bits per heavy atom. The van der Waals surface area contributed by atoms with Gasteiger partial charge in [0.15, 0.2) is 40.3 Å². The molecule has 0 aliphatic carbocycles. The third-order valence-electron chi connectivity index (χ3n) is 21.3. The summed E-state index contributed by atoms with van der Waals surface area (Å²) in [6, 6.07) is 65.6. The van der Waals surface area contributed by atoms with Gasteiger partial charge in [-0.3, -0.25) is 62.5 Å². The van der Waals surface area contributed by atoms with Crippen molar-refractivity contribution < 1.29 is 71.8 Å². The van der Waals surface area contributed by atoms with Crippen molar-refractivity contribution >= 4 is 98.2 Å². The van der Waals surface area contributed by atoms with Crippen LogP contribution in [0.1, 0.15) is 201 Å². The number of nitrogens with zero attached hydrogens (tertiary/aromatic N) is 6. The van der Waals surface area contributed by atoms with Gasteiger partial charge in [0, 0.05) is 61.3 Å². The van der Waals surface area contributed by atoms with Crippen molar-refractivity contribution in [3.8, 4) is 33.8 Å². The van der Waals surface area contributed by atoms with Gasteiger partial charge in [-0.05, 0) is 212 Å². The van der Waals surface area contributed by atoms with Crippen molar-refractivity contribution in [1.82, 2.24) is 19.8 Å². The van der Waals surface area contributed by atoms with Gasteiger partial charge in [0.25, 0.3) is 47.3 Å². The van der Waals surface area contributed by atoms with Gasteiger partial charge in [-0.2, -0.15) is 0 Å². The largest absolute Gasteiger partial charge is 0.508 e. The molecule has 2 N–H and O–H groups in total. The Bertz CT molecular complexity index is 6500. The molecule has 18 rings (SSSR count). The number of hydrogen-bond donors (Lipinski definition) is 2. The smallest absolute Gasteiger partial charge is 0.266 e. The number of phenols is 2. The molecule has 21 nitrogen and oxygen atoms in total. The lowest BCUT2D eigenvalue weighted by atomic mass is 9.94. The highest BCUT2D eigenvalue weighted by atomic mass is 16.4. The highest BCUT2D eigenvalue weighted by Crippen LogP contribution is 2.41. The topological polar surface area (TPSA) is 293 Å². The molecule has 0 radical (unpaired) electrons. The zero-order chi connectivity index (χ0) is 84.9. The van der Waals surface area contributed by atoms with Gasteiger partial charge in [-0.1, -0.05) is 147 Å². The van der Waals surface area contributed by atoms with Gasteiger partial charge in [0.2, 0.25) is 0 Å². The zero-order valence-corrected chi connectivity index (χ0v) is 67.0. The Labute approximate surface area is 684 Å². The Hall–Kier alpha value is -15.3. The van der Waals surface area contributed by atoms with Crippen LogP contribution in [0.4, 0.5) is 11.4 Å². The van der Waals surface area contributed by atoms with Gasteiger partial charge >= 0.3 is 0 Å². The first-order valence-electron chi connectivity index (χ1n) is 38.3. The molecule has 21 heteroatoms. The number of benzene rings is 12. The highest BCUT2D eigenvalue weighted by Gasteiger charge is 2.42. The Kier molecular flexibility index (Phi) is 22.0. The predicted octanol–water partition coefficient (Wildman–Crippen LogP) is 18.6. The fourth-order valence-electron chi connectivity index (χ4n) is 15.0. The molecule has 8 amide bonds. The molecule has 12 aromatic carbocycles. The van der Waals surface area contributed by atoms with Crippen LogP contribution in [0.2, 0.25) is 0 Å². The van der Waals surface area contributed by atoms with Gasteiger partial charge in [-0.25, -0.2) is 19.8 Å². The normalized spacial score (nSPS) is 13.0. The number of carbonyl (C=O) groups is 11. The maximum Gasteiger partial charge on any atom is 0.266 e. The number of amides is 8. The number of ketones is 3. The van der Waals surface area contributed by atoms with E-state index >= 15 is 0 Å². The number of oxazole rings is 2. The van der Waals surface area contributed by atoms with Crippen molar-refractivity contribution in [2.45, 2.75) is 75.7 Å². The SMILES string of the molecule is CC.Cc1cc(-c2ccc(O)c(N3C(=O)c4ccc(C(=O)c5ccc6c(c5)C(=O)N(C)C6=O)cc4C3=O)c2)ccc1O.Cc1cc(Cc2cc(C)c(N3C(=O)c4ccc(C(=O)c5ccc6c(c5)C(=O)N(C)C6=O)cc4C3=O)c(C)c2)cc(C)c1C.Cc1nc2cc(-c3ccc4oc(C)nc4c3)ccc2o1.O=C(c1ccccc1)c1ccccc1. The molecule has 4 aliphatic heterocycles. The van der Waals surface area contributed by atoms with Gasteiger partial charge in [-0.15, -0.1) is 0 Å². The number of anilines is 2. The number of aryl methyl sites for hydroxylation is 7. The molecule has 4 aliphatic rings. The fourth-order valence-corrected chi connectivity index (χ4v) is 15.0. The summed E-state index contributed by atoms with van der Waals surface area (Å²) in [4.78, 5) is 154. The maximum atomic E-state index is 13.7. The van der Waals surface area contributed by atoms with Crippen LogP contribution in [0.25, 0.3) is 44.5 Å². The van der Waals surface area contributed by atoms with E-state index in [2.05, 4.69) is 42.9 Å². The number of fused-ring (bicyclic) bond motifs is 6. The van der Waals surface area contributed by atoms with Crippen LogP contribution in [0, 0.1) is 55.4 Å². The summed E-state index contributed by atoms with van der Waals surface area (Å²) in [5.74, 6) is -3.78. The third kappa shape index (κ3) is 15.3. The molecule has 0 unspecified atom stereocenters. The number of aromatic nitrogens is 2. The Balaban J connectivity index is 0.000000139. The van der Waals surface area contributed by atoms with Crippen LogP contribution in [0.3, 0.4) is 0 Å². The molecule has 14 aromatic rings. The van der Waals surface area contributed by atoms with E-state index in [1.165, 1.54) is 132 Å². The first-order chi connectivity index (χ1) is 57.0. The van der Waals surface area contributed by atoms with Gasteiger partial charge in [0.1, 0.15) is 22.5 Å². The number of rotatable bonds is 12. The van der Waals surface area contributed by atoms with E-state index in [4.69, 9.17) is 8.83 Å². The first kappa shape index (κ1) is 80.4. The molecule has 6 heterocycles. The number of hydrogen-bond acceptors (Lipinski definition) is 17. The summed E-state index contributed by atoms with van der Waals surface area (Å²) in [5.41, 5.74) is 19.1. The molecule has 0 atom stereocenters. The first-order valence-corrected chi connectivity index (χ1v) is 38.3. The highest BCUT2D eigenvalue weighted by molar-refractivity contribution is 6.37. The van der Waals surface area contributed by atoms with E-state index in [9.17, 15) is 63.0 Å². The minimum absolute atomic E-state index is 0.00622. The second-order valence-corrected chi connectivity index (χ2v) is 29.1. The van der Waals surface area contributed by atoms with Crippen molar-refractivity contribution in [1.29, 1.82) is 0 Å². The van der Waals surface area contributed by atoms with Crippen molar-refractivity contribution in [2.24, 2.45) is 0 Å². The minimum atomic E-state index is -0.708. The molecule has 0 fully saturated rings. The molecule has 119 heavy (non-hydrogen) atoms. The van der Waals surface area contributed by atoms with Crippen LogP contribution >= 0.6 is 0 Å². The van der Waals surface area contributed by atoms with Gasteiger partial charge in [0.05, 0.1) is 55.9 Å². The van der Waals surface area contributed by atoms with E-state index in [1.54, 1.807) is 25.1 Å². The maximum absolute atomic E-state index is 13.7. The average molecular weight is 1580 g/mol. The summed E-state index contributed by atoms with van der Waals surface area (Å²) in [5, 5.41) is 20.4. The van der Waals surface area contributed by atoms with Crippen molar-refractivity contribution in [3.05, 3.63) is 365 Å². The second kappa shape index (κ2) is 32.6. The molecule has 0 spiro atoms. The summed E-state index contributed by atoms with van der Waals surface area (Å²) >= 11 is 0. The van der Waals surface area contributed by atoms with E-state index in [1.807, 2.05) is 151 Å².